The van der Waals surface area contributed by atoms with Gasteiger partial charge >= 0.3 is 5.69 Å². The standard InChI is InChI=1S/C10H8ClN3O2.C2H6/c1-7-9(14(15)16)10(11)13(12-7)8-5-3-2-4-6-8;1-2/h2-6H,1H3;1-2H3. The van der Waals surface area contributed by atoms with Crippen LogP contribution in [0.25, 0.3) is 5.69 Å². The molecular formula is C12H14ClN3O2. The highest BCUT2D eigenvalue weighted by atomic mass is 35.5. The minimum absolute atomic E-state index is 0.0219. The molecule has 2 aromatic rings. The molecule has 0 saturated carbocycles. The van der Waals surface area contributed by atoms with E-state index in [-0.39, 0.29) is 10.8 Å². The Balaban J connectivity index is 0.000000771. The molecule has 0 spiro atoms. The summed E-state index contributed by atoms with van der Waals surface area (Å²) in [4.78, 5) is 10.2. The molecule has 96 valence electrons. The number of aryl methyl sites for hydroxylation is 1. The van der Waals surface area contributed by atoms with Crippen molar-refractivity contribution >= 4 is 17.3 Å². The summed E-state index contributed by atoms with van der Waals surface area (Å²) in [6.07, 6.45) is 0. The van der Waals surface area contributed by atoms with E-state index in [1.807, 2.05) is 32.0 Å². The van der Waals surface area contributed by atoms with Crippen molar-refractivity contribution in [2.45, 2.75) is 20.8 Å². The fourth-order valence-corrected chi connectivity index (χ4v) is 1.78. The summed E-state index contributed by atoms with van der Waals surface area (Å²) < 4.78 is 1.36. The molecule has 0 atom stereocenters. The third kappa shape index (κ3) is 2.68. The van der Waals surface area contributed by atoms with Crippen molar-refractivity contribution in [3.63, 3.8) is 0 Å². The predicted octanol–water partition coefficient (Wildman–Crippen LogP) is 3.77. The lowest BCUT2D eigenvalue weighted by molar-refractivity contribution is -0.385. The number of para-hydroxylation sites is 1. The van der Waals surface area contributed by atoms with Crippen molar-refractivity contribution in [2.75, 3.05) is 0 Å². The summed E-state index contributed by atoms with van der Waals surface area (Å²) in [6.45, 7) is 5.56. The first-order chi connectivity index (χ1) is 8.61. The summed E-state index contributed by atoms with van der Waals surface area (Å²) in [6, 6.07) is 9.04. The molecule has 6 heteroatoms. The molecule has 0 unspecified atom stereocenters. The summed E-state index contributed by atoms with van der Waals surface area (Å²) in [7, 11) is 0. The molecule has 0 aliphatic rings. The zero-order valence-electron chi connectivity index (χ0n) is 10.4. The normalized spacial score (nSPS) is 9.56. The van der Waals surface area contributed by atoms with Crippen molar-refractivity contribution in [3.05, 3.63) is 51.3 Å². The molecule has 18 heavy (non-hydrogen) atoms. The summed E-state index contributed by atoms with van der Waals surface area (Å²) >= 11 is 5.92. The van der Waals surface area contributed by atoms with Crippen LogP contribution in [0.3, 0.4) is 0 Å². The highest BCUT2D eigenvalue weighted by molar-refractivity contribution is 6.32. The quantitative estimate of drug-likeness (QED) is 0.615. The molecule has 1 heterocycles. The van der Waals surface area contributed by atoms with Crippen LogP contribution in [-0.2, 0) is 0 Å². The van der Waals surface area contributed by atoms with E-state index >= 15 is 0 Å². The van der Waals surface area contributed by atoms with Crippen LogP contribution in [0.4, 0.5) is 5.69 Å². The first-order valence-corrected chi connectivity index (χ1v) is 5.94. The van der Waals surface area contributed by atoms with E-state index in [0.717, 1.165) is 0 Å². The predicted molar refractivity (Wildman–Crippen MR) is 71.3 cm³/mol. The van der Waals surface area contributed by atoms with Gasteiger partial charge in [-0.2, -0.15) is 5.10 Å². The molecule has 2 rings (SSSR count). The SMILES string of the molecule is CC.Cc1nn(-c2ccccc2)c(Cl)c1[N+](=O)[O-]. The van der Waals surface area contributed by atoms with Crippen molar-refractivity contribution in [2.24, 2.45) is 0 Å². The van der Waals surface area contributed by atoms with Crippen LogP contribution in [0.2, 0.25) is 5.15 Å². The average Bonchev–Trinajstić information content (AvgIpc) is 2.68. The van der Waals surface area contributed by atoms with Gasteiger partial charge in [0.05, 0.1) is 10.6 Å². The van der Waals surface area contributed by atoms with E-state index in [4.69, 9.17) is 11.6 Å². The van der Waals surface area contributed by atoms with E-state index in [2.05, 4.69) is 5.10 Å². The van der Waals surface area contributed by atoms with Crippen LogP contribution in [0.15, 0.2) is 30.3 Å². The fraction of sp³-hybridized carbons (Fsp3) is 0.250. The number of hydrogen-bond donors (Lipinski definition) is 0. The first-order valence-electron chi connectivity index (χ1n) is 5.56. The maximum absolute atomic E-state index is 10.8. The van der Waals surface area contributed by atoms with E-state index in [9.17, 15) is 10.1 Å². The molecule has 0 aliphatic carbocycles. The van der Waals surface area contributed by atoms with E-state index in [1.165, 1.54) is 4.68 Å². The van der Waals surface area contributed by atoms with Gasteiger partial charge in [-0.3, -0.25) is 10.1 Å². The van der Waals surface area contributed by atoms with Gasteiger partial charge in [-0.1, -0.05) is 43.6 Å². The molecule has 0 amide bonds. The Morgan fingerprint density at radius 1 is 1.28 bits per heavy atom. The Kier molecular flexibility index (Phi) is 4.85. The monoisotopic (exact) mass is 267 g/mol. The highest BCUT2D eigenvalue weighted by Crippen LogP contribution is 2.29. The largest absolute Gasteiger partial charge is 0.329 e. The summed E-state index contributed by atoms with van der Waals surface area (Å²) in [5.74, 6) is 0. The summed E-state index contributed by atoms with van der Waals surface area (Å²) in [5, 5.41) is 14.8. The number of halogens is 1. The summed E-state index contributed by atoms with van der Waals surface area (Å²) in [5.41, 5.74) is 0.855. The van der Waals surface area contributed by atoms with Crippen LogP contribution in [0.1, 0.15) is 19.5 Å². The molecule has 0 radical (unpaired) electrons. The second-order valence-corrected chi connectivity index (χ2v) is 3.59. The lowest BCUT2D eigenvalue weighted by Gasteiger charge is -2.00. The zero-order chi connectivity index (χ0) is 13.7. The average molecular weight is 268 g/mol. The number of benzene rings is 1. The second-order valence-electron chi connectivity index (χ2n) is 3.23. The lowest BCUT2D eigenvalue weighted by Crippen LogP contribution is -1.96. The number of nitro groups is 1. The number of rotatable bonds is 2. The molecule has 0 N–H and O–H groups in total. The molecular weight excluding hydrogens is 254 g/mol. The number of hydrogen-bond acceptors (Lipinski definition) is 3. The molecule has 0 saturated heterocycles. The van der Waals surface area contributed by atoms with Crippen LogP contribution < -0.4 is 0 Å². The molecule has 1 aromatic carbocycles. The molecule has 0 fully saturated rings. The van der Waals surface area contributed by atoms with E-state index < -0.39 is 4.92 Å². The van der Waals surface area contributed by atoms with Crippen LogP contribution in [0, 0.1) is 17.0 Å². The Morgan fingerprint density at radius 2 is 1.83 bits per heavy atom. The van der Waals surface area contributed by atoms with Gasteiger partial charge in [-0.25, -0.2) is 4.68 Å². The number of nitrogens with zero attached hydrogens (tertiary/aromatic N) is 3. The Morgan fingerprint density at radius 3 is 2.28 bits per heavy atom. The third-order valence-electron chi connectivity index (χ3n) is 2.16. The zero-order valence-corrected chi connectivity index (χ0v) is 11.2. The van der Waals surface area contributed by atoms with E-state index in [1.54, 1.807) is 19.1 Å². The Bertz CT molecular complexity index is 538. The van der Waals surface area contributed by atoms with Gasteiger partial charge in [-0.05, 0) is 19.1 Å². The lowest BCUT2D eigenvalue weighted by atomic mass is 10.3. The van der Waals surface area contributed by atoms with Gasteiger partial charge in [0, 0.05) is 0 Å². The molecule has 0 aliphatic heterocycles. The molecule has 1 aromatic heterocycles. The van der Waals surface area contributed by atoms with Crippen molar-refractivity contribution < 1.29 is 4.92 Å². The van der Waals surface area contributed by atoms with Crippen molar-refractivity contribution in [1.29, 1.82) is 0 Å². The van der Waals surface area contributed by atoms with E-state index in [0.29, 0.717) is 11.4 Å². The first kappa shape index (κ1) is 14.2. The maximum atomic E-state index is 10.8. The van der Waals surface area contributed by atoms with Crippen LogP contribution >= 0.6 is 11.6 Å². The van der Waals surface area contributed by atoms with Gasteiger partial charge in [0.1, 0.15) is 5.69 Å². The fourth-order valence-electron chi connectivity index (χ4n) is 1.44. The van der Waals surface area contributed by atoms with Gasteiger partial charge < -0.3 is 0 Å². The molecule has 5 nitrogen and oxygen atoms in total. The van der Waals surface area contributed by atoms with Gasteiger partial charge in [0.25, 0.3) is 0 Å². The van der Waals surface area contributed by atoms with Gasteiger partial charge in [-0.15, -0.1) is 0 Å². The topological polar surface area (TPSA) is 61.0 Å². The Hall–Kier alpha value is -1.88. The van der Waals surface area contributed by atoms with Crippen molar-refractivity contribution in [3.8, 4) is 5.69 Å². The second kappa shape index (κ2) is 6.16. The van der Waals surface area contributed by atoms with Gasteiger partial charge in [0.2, 0.25) is 5.15 Å². The maximum Gasteiger partial charge on any atom is 0.329 e. The smallest absolute Gasteiger partial charge is 0.258 e. The van der Waals surface area contributed by atoms with Crippen LogP contribution in [-0.4, -0.2) is 14.7 Å². The highest BCUT2D eigenvalue weighted by Gasteiger charge is 2.24. The van der Waals surface area contributed by atoms with Crippen molar-refractivity contribution in [1.82, 2.24) is 9.78 Å². The third-order valence-corrected chi connectivity index (χ3v) is 2.50. The molecule has 0 bridgehead atoms. The minimum atomic E-state index is -0.524. The van der Waals surface area contributed by atoms with Gasteiger partial charge in [0.15, 0.2) is 0 Å². The minimum Gasteiger partial charge on any atom is -0.258 e. The Labute approximate surface area is 110 Å². The van der Waals surface area contributed by atoms with Crippen LogP contribution in [0.5, 0.6) is 0 Å². The number of aromatic nitrogens is 2.